The number of aryl methyl sites for hydroxylation is 1. The van der Waals surface area contributed by atoms with Crippen LogP contribution >= 0.6 is 0 Å². The minimum atomic E-state index is 0.598. The number of rotatable bonds is 1. The van der Waals surface area contributed by atoms with Crippen molar-refractivity contribution in [3.8, 4) is 0 Å². The quantitative estimate of drug-likeness (QED) is 0.679. The molecule has 1 aromatic carbocycles. The fourth-order valence-corrected chi connectivity index (χ4v) is 2.25. The highest BCUT2D eigenvalue weighted by molar-refractivity contribution is 5.86. The molecule has 1 saturated heterocycles. The van der Waals surface area contributed by atoms with Gasteiger partial charge in [-0.05, 0) is 18.6 Å². The van der Waals surface area contributed by atoms with Crippen LogP contribution in [0.5, 0.6) is 0 Å². The van der Waals surface area contributed by atoms with E-state index in [1.165, 1.54) is 22.2 Å². The Kier molecular flexibility index (Phi) is 1.50. The van der Waals surface area contributed by atoms with Gasteiger partial charge in [-0.25, -0.2) is 0 Å². The predicted molar refractivity (Wildman–Crippen MR) is 58.4 cm³/mol. The van der Waals surface area contributed by atoms with Crippen molar-refractivity contribution < 1.29 is 0 Å². The molecule has 2 heteroatoms. The van der Waals surface area contributed by atoms with Crippen LogP contribution in [0.1, 0.15) is 17.3 Å². The first-order valence-corrected chi connectivity index (χ1v) is 5.06. The lowest BCUT2D eigenvalue weighted by atomic mass is 10.1. The largest absolute Gasteiger partial charge is 0.348 e. The predicted octanol–water partition coefficient (Wildman–Crippen LogP) is 2.13. The first kappa shape index (κ1) is 8.06. The normalized spacial score (nSPS) is 20.3. The van der Waals surface area contributed by atoms with Crippen LogP contribution in [0.3, 0.4) is 0 Å². The molecule has 0 aliphatic carbocycles. The molecule has 0 bridgehead atoms. The molecule has 1 atom stereocenters. The highest BCUT2D eigenvalue weighted by Gasteiger charge is 2.28. The first-order chi connectivity index (χ1) is 6.79. The number of aromatic nitrogens is 1. The van der Waals surface area contributed by atoms with Crippen molar-refractivity contribution in [2.24, 2.45) is 7.05 Å². The average molecular weight is 186 g/mol. The molecule has 2 aromatic rings. The molecule has 1 aliphatic heterocycles. The van der Waals surface area contributed by atoms with Gasteiger partial charge < -0.3 is 9.88 Å². The van der Waals surface area contributed by atoms with Gasteiger partial charge in [0.1, 0.15) is 0 Å². The second kappa shape index (κ2) is 2.61. The van der Waals surface area contributed by atoms with Crippen LogP contribution in [0.15, 0.2) is 24.3 Å². The van der Waals surface area contributed by atoms with E-state index < -0.39 is 0 Å². The molecule has 0 amide bonds. The van der Waals surface area contributed by atoms with Crippen LogP contribution in [0.4, 0.5) is 0 Å². The Labute approximate surface area is 83.5 Å². The molecule has 14 heavy (non-hydrogen) atoms. The molecule has 2 heterocycles. The van der Waals surface area contributed by atoms with Crippen LogP contribution in [-0.4, -0.2) is 11.1 Å². The third kappa shape index (κ3) is 0.946. The smallest absolute Gasteiger partial charge is 0.0483 e. The fraction of sp³-hybridized carbons (Fsp3) is 0.333. The van der Waals surface area contributed by atoms with Crippen molar-refractivity contribution in [3.05, 3.63) is 35.5 Å². The van der Waals surface area contributed by atoms with E-state index in [4.69, 9.17) is 0 Å². The molecular formula is C12H14N2. The molecule has 3 rings (SSSR count). The lowest BCUT2D eigenvalue weighted by Gasteiger charge is -1.98. The minimum absolute atomic E-state index is 0.598. The molecule has 1 unspecified atom stereocenters. The van der Waals surface area contributed by atoms with Crippen LogP contribution in [0, 0.1) is 6.92 Å². The van der Waals surface area contributed by atoms with E-state index in [0.29, 0.717) is 6.04 Å². The summed E-state index contributed by atoms with van der Waals surface area (Å²) in [6.45, 7) is 3.34. The summed E-state index contributed by atoms with van der Waals surface area (Å²) in [4.78, 5) is 0. The molecule has 1 aliphatic rings. The maximum atomic E-state index is 3.38. The summed E-state index contributed by atoms with van der Waals surface area (Å²) in [5.41, 5.74) is 4.22. The average Bonchev–Trinajstić information content (AvgIpc) is 2.99. The van der Waals surface area contributed by atoms with E-state index in [1.54, 1.807) is 0 Å². The highest BCUT2D eigenvalue weighted by Crippen LogP contribution is 2.33. The van der Waals surface area contributed by atoms with E-state index in [-0.39, 0.29) is 0 Å². The van der Waals surface area contributed by atoms with E-state index in [1.807, 2.05) is 0 Å². The number of nitrogens with zero attached hydrogens (tertiary/aromatic N) is 1. The summed E-state index contributed by atoms with van der Waals surface area (Å²) in [6.07, 6.45) is 0. The molecule has 0 saturated carbocycles. The molecular weight excluding hydrogens is 172 g/mol. The van der Waals surface area contributed by atoms with E-state index in [0.717, 1.165) is 6.54 Å². The van der Waals surface area contributed by atoms with E-state index >= 15 is 0 Å². The number of hydrogen-bond donors (Lipinski definition) is 1. The van der Waals surface area contributed by atoms with E-state index in [9.17, 15) is 0 Å². The van der Waals surface area contributed by atoms with Gasteiger partial charge in [-0.1, -0.05) is 18.2 Å². The second-order valence-corrected chi connectivity index (χ2v) is 4.04. The summed E-state index contributed by atoms with van der Waals surface area (Å²) in [5.74, 6) is 0. The van der Waals surface area contributed by atoms with Crippen molar-refractivity contribution in [1.29, 1.82) is 0 Å². The van der Waals surface area contributed by atoms with Crippen molar-refractivity contribution in [3.63, 3.8) is 0 Å². The summed E-state index contributed by atoms with van der Waals surface area (Å²) in [6, 6.07) is 9.23. The topological polar surface area (TPSA) is 26.9 Å². The fourth-order valence-electron chi connectivity index (χ4n) is 2.25. The monoisotopic (exact) mass is 186 g/mol. The highest BCUT2D eigenvalue weighted by atomic mass is 15.1. The van der Waals surface area contributed by atoms with Gasteiger partial charge in [0.15, 0.2) is 0 Å². The van der Waals surface area contributed by atoms with Gasteiger partial charge in [0.2, 0.25) is 0 Å². The SMILES string of the molecule is Cc1c(C2CN2)c2ccccc2n1C. The van der Waals surface area contributed by atoms with Gasteiger partial charge in [-0.15, -0.1) is 0 Å². The minimum Gasteiger partial charge on any atom is -0.348 e. The zero-order chi connectivity index (χ0) is 9.71. The Hall–Kier alpha value is -1.28. The summed E-state index contributed by atoms with van der Waals surface area (Å²) >= 11 is 0. The third-order valence-electron chi connectivity index (χ3n) is 3.21. The summed E-state index contributed by atoms with van der Waals surface area (Å²) < 4.78 is 2.28. The van der Waals surface area contributed by atoms with Crippen LogP contribution in [0.2, 0.25) is 0 Å². The standard InChI is InChI=1S/C12H14N2/c1-8-12(10-7-13-10)9-5-3-4-6-11(9)14(8)2/h3-6,10,13H,7H2,1-2H3. The van der Waals surface area contributed by atoms with Crippen molar-refractivity contribution in [1.82, 2.24) is 9.88 Å². The summed E-state index contributed by atoms with van der Waals surface area (Å²) in [5, 5.41) is 4.79. The van der Waals surface area contributed by atoms with Gasteiger partial charge in [0.25, 0.3) is 0 Å². The van der Waals surface area contributed by atoms with Gasteiger partial charge in [-0.3, -0.25) is 0 Å². The Morgan fingerprint density at radius 1 is 1.36 bits per heavy atom. The summed E-state index contributed by atoms with van der Waals surface area (Å²) in [7, 11) is 2.14. The first-order valence-electron chi connectivity index (χ1n) is 5.06. The molecule has 0 radical (unpaired) electrons. The van der Waals surface area contributed by atoms with Crippen molar-refractivity contribution in [2.75, 3.05) is 6.54 Å². The maximum Gasteiger partial charge on any atom is 0.0483 e. The van der Waals surface area contributed by atoms with Crippen LogP contribution in [-0.2, 0) is 7.05 Å². The second-order valence-electron chi connectivity index (χ2n) is 4.04. The number of para-hydroxylation sites is 1. The maximum absolute atomic E-state index is 3.38. The van der Waals surface area contributed by atoms with E-state index in [2.05, 4.69) is 48.1 Å². The Bertz CT molecular complexity index is 492. The number of nitrogens with one attached hydrogen (secondary N) is 1. The van der Waals surface area contributed by atoms with Crippen LogP contribution in [0.25, 0.3) is 10.9 Å². The Balaban J connectivity index is 2.40. The van der Waals surface area contributed by atoms with Crippen LogP contribution < -0.4 is 5.32 Å². The van der Waals surface area contributed by atoms with Gasteiger partial charge in [0.05, 0.1) is 0 Å². The zero-order valence-electron chi connectivity index (χ0n) is 8.54. The Morgan fingerprint density at radius 3 is 2.79 bits per heavy atom. The molecule has 1 fully saturated rings. The van der Waals surface area contributed by atoms with Crippen molar-refractivity contribution in [2.45, 2.75) is 13.0 Å². The molecule has 0 spiro atoms. The molecule has 2 nitrogen and oxygen atoms in total. The van der Waals surface area contributed by atoms with Gasteiger partial charge in [0, 0.05) is 36.2 Å². The number of fused-ring (bicyclic) bond motifs is 1. The lowest BCUT2D eigenvalue weighted by molar-refractivity contribution is 0.894. The molecule has 1 aromatic heterocycles. The van der Waals surface area contributed by atoms with Gasteiger partial charge >= 0.3 is 0 Å². The third-order valence-corrected chi connectivity index (χ3v) is 3.21. The number of benzene rings is 1. The lowest BCUT2D eigenvalue weighted by Crippen LogP contribution is -1.92. The van der Waals surface area contributed by atoms with Crippen molar-refractivity contribution >= 4 is 10.9 Å². The molecule has 1 N–H and O–H groups in total. The zero-order valence-corrected chi connectivity index (χ0v) is 8.54. The Morgan fingerprint density at radius 2 is 2.07 bits per heavy atom. The number of hydrogen-bond acceptors (Lipinski definition) is 1. The van der Waals surface area contributed by atoms with Gasteiger partial charge in [-0.2, -0.15) is 0 Å². The molecule has 72 valence electrons.